The number of nitrogens with one attached hydrogen (secondary N) is 1. The Kier molecular flexibility index (Phi) is 6.13. The molecule has 1 N–H and O–H groups in total. The van der Waals surface area contributed by atoms with E-state index in [1.807, 2.05) is 14.2 Å². The minimum atomic E-state index is -0.0712. The molecule has 0 bridgehead atoms. The normalized spacial score (nSPS) is 13.9. The molecule has 17 heavy (non-hydrogen) atoms. The van der Waals surface area contributed by atoms with Gasteiger partial charge in [0.25, 0.3) is 0 Å². The lowest BCUT2D eigenvalue weighted by Gasteiger charge is -2.38. The van der Waals surface area contributed by atoms with Crippen LogP contribution in [0, 0.1) is 0 Å². The third-order valence-electron chi connectivity index (χ3n) is 3.67. The van der Waals surface area contributed by atoms with E-state index in [0.29, 0.717) is 6.04 Å². The Morgan fingerprint density at radius 3 is 2.47 bits per heavy atom. The van der Waals surface area contributed by atoms with Crippen molar-refractivity contribution >= 4 is 27.3 Å². The summed E-state index contributed by atoms with van der Waals surface area (Å²) >= 11 is 5.40. The number of hydrogen-bond donors (Lipinski definition) is 1. The van der Waals surface area contributed by atoms with Gasteiger partial charge in [-0.15, -0.1) is 11.3 Å². The van der Waals surface area contributed by atoms with Crippen LogP contribution >= 0.6 is 27.3 Å². The third kappa shape index (κ3) is 3.31. The fraction of sp³-hybridized carbons (Fsp3) is 0.692. The van der Waals surface area contributed by atoms with Crippen LogP contribution in [0.3, 0.4) is 0 Å². The molecule has 0 aliphatic heterocycles. The first-order valence-corrected chi connectivity index (χ1v) is 7.75. The lowest BCUT2D eigenvalue weighted by atomic mass is 9.86. The van der Waals surface area contributed by atoms with E-state index in [0.717, 1.165) is 19.3 Å². The molecule has 1 unspecified atom stereocenters. The van der Waals surface area contributed by atoms with Gasteiger partial charge in [-0.1, -0.05) is 13.8 Å². The van der Waals surface area contributed by atoms with Crippen molar-refractivity contribution in [1.29, 1.82) is 0 Å². The Morgan fingerprint density at radius 2 is 2.12 bits per heavy atom. The molecule has 98 valence electrons. The Bertz CT molecular complexity index is 328. The maximum Gasteiger partial charge on any atom is 0.0829 e. The molecule has 1 aromatic heterocycles. The molecular formula is C13H22BrNOS. The van der Waals surface area contributed by atoms with Gasteiger partial charge in [0.2, 0.25) is 0 Å². The fourth-order valence-electron chi connectivity index (χ4n) is 2.38. The number of halogens is 1. The number of methoxy groups -OCH3 is 1. The lowest BCUT2D eigenvalue weighted by Crippen LogP contribution is -2.51. The highest BCUT2D eigenvalue weighted by atomic mass is 79.9. The summed E-state index contributed by atoms with van der Waals surface area (Å²) < 4.78 is 7.01. The second kappa shape index (κ2) is 6.88. The molecule has 0 saturated heterocycles. The molecule has 0 aliphatic carbocycles. The van der Waals surface area contributed by atoms with Crippen LogP contribution in [0.1, 0.15) is 31.6 Å². The molecule has 4 heteroatoms. The Morgan fingerprint density at radius 1 is 1.47 bits per heavy atom. The SMILES string of the molecule is CCC(CC)(OC)C(Cc1sccc1Br)NC. The second-order valence-electron chi connectivity index (χ2n) is 4.21. The smallest absolute Gasteiger partial charge is 0.0829 e. The predicted molar refractivity (Wildman–Crippen MR) is 78.9 cm³/mol. The first kappa shape index (κ1) is 15.2. The van der Waals surface area contributed by atoms with Gasteiger partial charge in [0.15, 0.2) is 0 Å². The number of thiophene rings is 1. The van der Waals surface area contributed by atoms with Crippen molar-refractivity contribution in [1.82, 2.24) is 5.32 Å². The highest BCUT2D eigenvalue weighted by Gasteiger charge is 2.35. The van der Waals surface area contributed by atoms with Gasteiger partial charge in [0, 0.05) is 28.9 Å². The largest absolute Gasteiger partial charge is 0.377 e. The van der Waals surface area contributed by atoms with E-state index in [1.165, 1.54) is 9.35 Å². The van der Waals surface area contributed by atoms with Crippen LogP contribution in [0.4, 0.5) is 0 Å². The zero-order valence-corrected chi connectivity index (χ0v) is 13.5. The van der Waals surface area contributed by atoms with Gasteiger partial charge in [0.05, 0.1) is 5.60 Å². The monoisotopic (exact) mass is 319 g/mol. The predicted octanol–water partition coefficient (Wildman–Crippen LogP) is 3.85. The molecule has 0 fully saturated rings. The maximum absolute atomic E-state index is 5.80. The molecule has 0 radical (unpaired) electrons. The standard InChI is InChI=1S/C13H22BrNOS/c1-5-13(6-2,16-4)12(15-3)9-11-10(14)7-8-17-11/h7-8,12,15H,5-6,9H2,1-4H3. The van der Waals surface area contributed by atoms with E-state index in [-0.39, 0.29) is 5.60 Å². The van der Waals surface area contributed by atoms with Crippen LogP contribution in [-0.2, 0) is 11.2 Å². The minimum Gasteiger partial charge on any atom is -0.377 e. The molecular weight excluding hydrogens is 298 g/mol. The average molecular weight is 320 g/mol. The Hall–Kier alpha value is 0.1000. The van der Waals surface area contributed by atoms with Crippen molar-refractivity contribution in [3.05, 3.63) is 20.8 Å². The van der Waals surface area contributed by atoms with Crippen molar-refractivity contribution in [3.63, 3.8) is 0 Å². The van der Waals surface area contributed by atoms with Gasteiger partial charge in [0.1, 0.15) is 0 Å². The van der Waals surface area contributed by atoms with Gasteiger partial charge in [-0.3, -0.25) is 0 Å². The summed E-state index contributed by atoms with van der Waals surface area (Å²) in [6, 6.07) is 2.46. The number of hydrogen-bond acceptors (Lipinski definition) is 3. The summed E-state index contributed by atoms with van der Waals surface area (Å²) in [4.78, 5) is 1.38. The van der Waals surface area contributed by atoms with Crippen LogP contribution in [0.25, 0.3) is 0 Å². The minimum absolute atomic E-state index is 0.0712. The topological polar surface area (TPSA) is 21.3 Å². The van der Waals surface area contributed by atoms with Gasteiger partial charge in [-0.2, -0.15) is 0 Å². The van der Waals surface area contributed by atoms with Crippen molar-refractivity contribution in [2.45, 2.75) is 44.8 Å². The fourth-order valence-corrected chi connectivity index (χ4v) is 3.94. The molecule has 0 spiro atoms. The van der Waals surface area contributed by atoms with Crippen LogP contribution in [0.2, 0.25) is 0 Å². The van der Waals surface area contributed by atoms with E-state index in [9.17, 15) is 0 Å². The van der Waals surface area contributed by atoms with Crippen LogP contribution < -0.4 is 5.32 Å². The van der Waals surface area contributed by atoms with E-state index in [2.05, 4.69) is 46.5 Å². The quantitative estimate of drug-likeness (QED) is 0.824. The molecule has 2 nitrogen and oxygen atoms in total. The van der Waals surface area contributed by atoms with Gasteiger partial charge < -0.3 is 10.1 Å². The third-order valence-corrected chi connectivity index (χ3v) is 5.62. The van der Waals surface area contributed by atoms with Crippen molar-refractivity contribution in [3.8, 4) is 0 Å². The summed E-state index contributed by atoms with van der Waals surface area (Å²) in [5.74, 6) is 0. The van der Waals surface area contributed by atoms with Crippen LogP contribution in [0.5, 0.6) is 0 Å². The molecule has 1 rings (SSSR count). The van der Waals surface area contributed by atoms with Crippen molar-refractivity contribution in [2.24, 2.45) is 0 Å². The summed E-state index contributed by atoms with van der Waals surface area (Å²) in [5.41, 5.74) is -0.0712. The van der Waals surface area contributed by atoms with Crippen LogP contribution in [-0.4, -0.2) is 25.8 Å². The maximum atomic E-state index is 5.80. The first-order valence-electron chi connectivity index (χ1n) is 6.07. The molecule has 1 atom stereocenters. The summed E-state index contributed by atoms with van der Waals surface area (Å²) in [7, 11) is 3.84. The molecule has 0 aromatic carbocycles. The number of ether oxygens (including phenoxy) is 1. The van der Waals surface area contributed by atoms with Gasteiger partial charge >= 0.3 is 0 Å². The van der Waals surface area contributed by atoms with E-state index >= 15 is 0 Å². The highest BCUT2D eigenvalue weighted by Crippen LogP contribution is 2.30. The summed E-state index contributed by atoms with van der Waals surface area (Å²) in [5, 5.41) is 5.55. The zero-order chi connectivity index (χ0) is 12.9. The zero-order valence-electron chi connectivity index (χ0n) is 11.0. The van der Waals surface area contributed by atoms with Crippen molar-refractivity contribution in [2.75, 3.05) is 14.2 Å². The van der Waals surface area contributed by atoms with E-state index in [4.69, 9.17) is 4.74 Å². The van der Waals surface area contributed by atoms with E-state index < -0.39 is 0 Å². The average Bonchev–Trinajstić information content (AvgIpc) is 2.76. The molecule has 0 aliphatic rings. The van der Waals surface area contributed by atoms with Crippen LogP contribution in [0.15, 0.2) is 15.9 Å². The first-order chi connectivity index (χ1) is 8.13. The molecule has 0 amide bonds. The molecule has 1 heterocycles. The summed E-state index contributed by atoms with van der Waals surface area (Å²) in [6.07, 6.45) is 3.05. The number of likely N-dealkylation sites (N-methyl/N-ethyl adjacent to an activating group) is 1. The highest BCUT2D eigenvalue weighted by molar-refractivity contribution is 9.10. The molecule has 0 saturated carbocycles. The lowest BCUT2D eigenvalue weighted by molar-refractivity contribution is -0.0453. The molecule has 1 aromatic rings. The van der Waals surface area contributed by atoms with E-state index in [1.54, 1.807) is 11.3 Å². The second-order valence-corrected chi connectivity index (χ2v) is 6.07. The van der Waals surface area contributed by atoms with Gasteiger partial charge in [-0.25, -0.2) is 0 Å². The Labute approximate surface area is 117 Å². The number of rotatable bonds is 7. The van der Waals surface area contributed by atoms with Gasteiger partial charge in [-0.05, 0) is 47.3 Å². The summed E-state index contributed by atoms with van der Waals surface area (Å²) in [6.45, 7) is 4.39. The Balaban J connectivity index is 2.87. The van der Waals surface area contributed by atoms with Crippen molar-refractivity contribution < 1.29 is 4.74 Å².